The summed E-state index contributed by atoms with van der Waals surface area (Å²) in [4.78, 5) is 4.24. The fourth-order valence-electron chi connectivity index (χ4n) is 1.95. The molecule has 0 spiro atoms. The fourth-order valence-corrected chi connectivity index (χ4v) is 2.59. The molecule has 15 heavy (non-hydrogen) atoms. The maximum atomic E-state index is 5.80. The van der Waals surface area contributed by atoms with E-state index in [9.17, 15) is 0 Å². The van der Waals surface area contributed by atoms with Gasteiger partial charge in [-0.25, -0.2) is 4.98 Å². The Kier molecular flexibility index (Phi) is 2.44. The molecule has 80 valence electrons. The molecule has 4 nitrogen and oxygen atoms in total. The van der Waals surface area contributed by atoms with Crippen molar-refractivity contribution in [1.29, 1.82) is 0 Å². The Balaban J connectivity index is 1.99. The molecule has 3 heterocycles. The Bertz CT molecular complexity index is 386. The fraction of sp³-hybridized carbons (Fsp3) is 0.500. The molecular weight excluding hydrogens is 307 g/mol. The number of halogens is 1. The number of ether oxygens (including phenoxy) is 2. The first-order chi connectivity index (χ1) is 7.38. The summed E-state index contributed by atoms with van der Waals surface area (Å²) in [7, 11) is 0. The summed E-state index contributed by atoms with van der Waals surface area (Å²) in [5.41, 5.74) is 2.28. The van der Waals surface area contributed by atoms with Gasteiger partial charge in [-0.3, -0.25) is 0 Å². The summed E-state index contributed by atoms with van der Waals surface area (Å²) in [6.45, 7) is 1.38. The van der Waals surface area contributed by atoms with Crippen LogP contribution in [0, 0.1) is 0 Å². The molecule has 1 aromatic rings. The van der Waals surface area contributed by atoms with Gasteiger partial charge in [-0.15, -0.1) is 0 Å². The van der Waals surface area contributed by atoms with Gasteiger partial charge in [-0.2, -0.15) is 0 Å². The number of hydrogen-bond acceptors (Lipinski definition) is 4. The van der Waals surface area contributed by atoms with E-state index in [-0.39, 0.29) is 12.1 Å². The molecule has 3 rings (SSSR count). The molecule has 5 heteroatoms. The van der Waals surface area contributed by atoms with Crippen LogP contribution in [0.15, 0.2) is 12.3 Å². The van der Waals surface area contributed by atoms with Crippen LogP contribution < -0.4 is 10.1 Å². The summed E-state index contributed by atoms with van der Waals surface area (Å²) in [5.74, 6) is 0.718. The highest BCUT2D eigenvalue weighted by Crippen LogP contribution is 2.34. The van der Waals surface area contributed by atoms with Gasteiger partial charge in [0.1, 0.15) is 11.8 Å². The van der Waals surface area contributed by atoms with Crippen LogP contribution >= 0.6 is 22.6 Å². The third-order valence-corrected chi connectivity index (χ3v) is 3.59. The molecule has 1 aromatic heterocycles. The topological polar surface area (TPSA) is 43.4 Å². The van der Waals surface area contributed by atoms with Gasteiger partial charge in [0.15, 0.2) is 0 Å². The number of hydrogen-bond donors (Lipinski definition) is 1. The Morgan fingerprint density at radius 1 is 1.53 bits per heavy atom. The van der Waals surface area contributed by atoms with Crippen molar-refractivity contribution in [2.75, 3.05) is 18.5 Å². The molecule has 0 aliphatic carbocycles. The van der Waals surface area contributed by atoms with Gasteiger partial charge in [0.2, 0.25) is 5.88 Å². The Hall–Kier alpha value is -0.560. The van der Waals surface area contributed by atoms with Crippen LogP contribution in [-0.4, -0.2) is 30.3 Å². The second kappa shape index (κ2) is 3.79. The second-order valence-corrected chi connectivity index (χ2v) is 4.49. The highest BCUT2D eigenvalue weighted by molar-refractivity contribution is 14.1. The van der Waals surface area contributed by atoms with Gasteiger partial charge >= 0.3 is 0 Å². The summed E-state index contributed by atoms with van der Waals surface area (Å²) in [6.07, 6.45) is 1.92. The lowest BCUT2D eigenvalue weighted by atomic mass is 10.1. The van der Waals surface area contributed by atoms with E-state index < -0.39 is 0 Å². The van der Waals surface area contributed by atoms with Crippen LogP contribution in [-0.2, 0) is 9.16 Å². The van der Waals surface area contributed by atoms with Gasteiger partial charge < -0.3 is 14.8 Å². The molecular formula is C10H11IN2O2. The zero-order chi connectivity index (χ0) is 10.3. The Morgan fingerprint density at radius 2 is 2.47 bits per heavy atom. The van der Waals surface area contributed by atoms with Crippen molar-refractivity contribution in [3.63, 3.8) is 0 Å². The largest absolute Gasteiger partial charge is 0.468 e. The van der Waals surface area contributed by atoms with E-state index >= 15 is 0 Å². The molecule has 1 saturated heterocycles. The lowest BCUT2D eigenvalue weighted by molar-refractivity contribution is 0.135. The van der Waals surface area contributed by atoms with Crippen LogP contribution in [0.5, 0.6) is 5.88 Å². The van der Waals surface area contributed by atoms with Gasteiger partial charge in [0, 0.05) is 10.6 Å². The third-order valence-electron chi connectivity index (χ3n) is 2.77. The van der Waals surface area contributed by atoms with Gasteiger partial charge in [0.05, 0.1) is 19.3 Å². The van der Waals surface area contributed by atoms with Crippen LogP contribution in [0.2, 0.25) is 0 Å². The number of alkyl halides is 1. The zero-order valence-corrected chi connectivity index (χ0v) is 10.2. The molecule has 0 aromatic carbocycles. The summed E-state index contributed by atoms with van der Waals surface area (Å²) < 4.78 is 12.1. The third kappa shape index (κ3) is 1.57. The van der Waals surface area contributed by atoms with E-state index in [0.717, 1.165) is 22.6 Å². The summed E-state index contributed by atoms with van der Waals surface area (Å²) in [6, 6.07) is 2.31. The molecule has 1 fully saturated rings. The van der Waals surface area contributed by atoms with E-state index in [4.69, 9.17) is 9.47 Å². The van der Waals surface area contributed by atoms with Crippen LogP contribution in [0.1, 0.15) is 5.56 Å². The minimum Gasteiger partial charge on any atom is -0.468 e. The van der Waals surface area contributed by atoms with Crippen molar-refractivity contribution < 1.29 is 9.47 Å². The molecule has 2 aliphatic heterocycles. The quantitative estimate of drug-likeness (QED) is 0.631. The molecule has 0 amide bonds. The number of rotatable bonds is 1. The normalized spacial score (nSPS) is 27.5. The SMILES string of the molecule is ICc1ccnc2c1NC1COCC1O2. The number of fused-ring (bicyclic) bond motifs is 2. The van der Waals surface area contributed by atoms with Crippen LogP contribution in [0.4, 0.5) is 5.69 Å². The van der Waals surface area contributed by atoms with Crippen LogP contribution in [0.25, 0.3) is 0 Å². The van der Waals surface area contributed by atoms with Crippen LogP contribution in [0.3, 0.4) is 0 Å². The average molecular weight is 318 g/mol. The van der Waals surface area contributed by atoms with Crippen molar-refractivity contribution in [2.45, 2.75) is 16.6 Å². The monoisotopic (exact) mass is 318 g/mol. The molecule has 0 saturated carbocycles. The van der Waals surface area contributed by atoms with Crippen molar-refractivity contribution in [2.24, 2.45) is 0 Å². The predicted molar refractivity (Wildman–Crippen MR) is 64.6 cm³/mol. The van der Waals surface area contributed by atoms with Gasteiger partial charge in [0.25, 0.3) is 0 Å². The Labute approximate surface area is 102 Å². The lowest BCUT2D eigenvalue weighted by Gasteiger charge is -2.29. The molecule has 2 atom stereocenters. The van der Waals surface area contributed by atoms with Gasteiger partial charge in [-0.1, -0.05) is 22.6 Å². The standard InChI is InChI=1S/C10H11IN2O2/c11-3-6-1-2-12-10-9(6)13-7-4-14-5-8(7)15-10/h1-2,7-8,13H,3-5H2. The first kappa shape index (κ1) is 9.65. The molecule has 1 N–H and O–H groups in total. The predicted octanol–water partition coefficient (Wildman–Crippen LogP) is 1.59. The van der Waals surface area contributed by atoms with Crippen molar-refractivity contribution >= 4 is 28.3 Å². The number of pyridine rings is 1. The van der Waals surface area contributed by atoms with E-state index in [1.165, 1.54) is 5.56 Å². The minimum atomic E-state index is 0.120. The van der Waals surface area contributed by atoms with E-state index in [1.807, 2.05) is 6.07 Å². The van der Waals surface area contributed by atoms with E-state index in [1.54, 1.807) is 6.20 Å². The maximum Gasteiger partial charge on any atom is 0.238 e. The van der Waals surface area contributed by atoms with E-state index in [0.29, 0.717) is 6.61 Å². The highest BCUT2D eigenvalue weighted by Gasteiger charge is 2.35. The summed E-state index contributed by atoms with van der Waals surface area (Å²) in [5, 5.41) is 3.46. The second-order valence-electron chi connectivity index (χ2n) is 3.73. The number of nitrogens with one attached hydrogen (secondary N) is 1. The van der Waals surface area contributed by atoms with Gasteiger partial charge in [-0.05, 0) is 11.6 Å². The Morgan fingerprint density at radius 3 is 3.33 bits per heavy atom. The molecule has 0 bridgehead atoms. The maximum absolute atomic E-state index is 5.80. The highest BCUT2D eigenvalue weighted by atomic mass is 127. The number of nitrogens with zero attached hydrogens (tertiary/aromatic N) is 1. The molecule has 0 radical (unpaired) electrons. The van der Waals surface area contributed by atoms with E-state index in [2.05, 4.69) is 32.9 Å². The molecule has 2 unspecified atom stereocenters. The first-order valence-electron chi connectivity index (χ1n) is 4.93. The van der Waals surface area contributed by atoms with Crippen molar-refractivity contribution in [3.05, 3.63) is 17.8 Å². The number of aromatic nitrogens is 1. The lowest BCUT2D eigenvalue weighted by Crippen LogP contribution is -2.40. The van der Waals surface area contributed by atoms with Crippen molar-refractivity contribution in [3.8, 4) is 5.88 Å². The first-order valence-corrected chi connectivity index (χ1v) is 6.46. The van der Waals surface area contributed by atoms with Crippen molar-refractivity contribution in [1.82, 2.24) is 4.98 Å². The average Bonchev–Trinajstić information content (AvgIpc) is 2.72. The minimum absolute atomic E-state index is 0.120. The smallest absolute Gasteiger partial charge is 0.238 e. The summed E-state index contributed by atoms with van der Waals surface area (Å²) >= 11 is 2.34. The zero-order valence-electron chi connectivity index (χ0n) is 8.07. The number of anilines is 1. The molecule has 2 aliphatic rings.